The van der Waals surface area contributed by atoms with Gasteiger partial charge in [0.15, 0.2) is 5.82 Å². The van der Waals surface area contributed by atoms with Crippen LogP contribution < -0.4 is 4.72 Å². The molecule has 2 aromatic heterocycles. The molecule has 11 heteroatoms. The highest BCUT2D eigenvalue weighted by molar-refractivity contribution is 9.10. The number of hydrogen-bond acceptors (Lipinski definition) is 4. The van der Waals surface area contributed by atoms with E-state index in [9.17, 15) is 8.42 Å². The third kappa shape index (κ3) is 3.90. The second-order valence-electron chi connectivity index (χ2n) is 5.58. The first-order valence-electron chi connectivity index (χ1n) is 7.35. The van der Waals surface area contributed by atoms with Crippen LogP contribution in [-0.4, -0.2) is 28.0 Å². The normalized spacial score (nSPS) is 11.7. The molecule has 0 unspecified atom stereocenters. The molecule has 26 heavy (non-hydrogen) atoms. The molecule has 3 aromatic rings. The molecule has 0 spiro atoms. The first-order valence-corrected chi connectivity index (χ1v) is 10.4. The van der Waals surface area contributed by atoms with E-state index in [2.05, 4.69) is 30.8 Å². The summed E-state index contributed by atoms with van der Waals surface area (Å²) < 4.78 is 31.2. The summed E-state index contributed by atoms with van der Waals surface area (Å²) >= 11 is 15.4. The second-order valence-corrected chi connectivity index (χ2v) is 8.93. The molecule has 1 N–H and O–H groups in total. The van der Waals surface area contributed by atoms with Crippen LogP contribution in [0, 0.1) is 6.92 Å². The SMILES string of the molecule is Cc1c(S(=O)(=O)Nc2nn(Cc3ccc(Cl)cc3Cl)cc2Br)cnn1C. The maximum Gasteiger partial charge on any atom is 0.266 e. The molecule has 0 aliphatic carbocycles. The van der Waals surface area contributed by atoms with Gasteiger partial charge in [-0.15, -0.1) is 0 Å². The molecule has 3 rings (SSSR count). The standard InChI is InChI=1S/C15H14BrCl2N5O2S/c1-9-14(6-19-22(9)2)26(24,25)21-15-12(16)8-23(20-15)7-10-3-4-11(17)5-13(10)18/h3-6,8H,7H2,1-2H3,(H,20,21). The third-order valence-corrected chi connectivity index (χ3v) is 6.38. The van der Waals surface area contributed by atoms with E-state index in [1.54, 1.807) is 43.0 Å². The van der Waals surface area contributed by atoms with Gasteiger partial charge in [0.25, 0.3) is 10.0 Å². The number of rotatable bonds is 5. The number of halogens is 3. The van der Waals surface area contributed by atoms with Crippen molar-refractivity contribution in [3.8, 4) is 0 Å². The minimum atomic E-state index is -3.80. The van der Waals surface area contributed by atoms with Crippen molar-refractivity contribution in [1.82, 2.24) is 19.6 Å². The van der Waals surface area contributed by atoms with Gasteiger partial charge >= 0.3 is 0 Å². The minimum absolute atomic E-state index is 0.0993. The Labute approximate surface area is 169 Å². The lowest BCUT2D eigenvalue weighted by Gasteiger charge is -2.06. The van der Waals surface area contributed by atoms with Crippen molar-refractivity contribution in [2.45, 2.75) is 18.4 Å². The Kier molecular flexibility index (Phi) is 5.34. The number of hydrogen-bond donors (Lipinski definition) is 1. The Hall–Kier alpha value is -1.55. The Morgan fingerprint density at radius 1 is 1.31 bits per heavy atom. The summed E-state index contributed by atoms with van der Waals surface area (Å²) in [7, 11) is -2.13. The van der Waals surface area contributed by atoms with Crippen LogP contribution in [0.25, 0.3) is 0 Å². The molecule has 0 aliphatic heterocycles. The summed E-state index contributed by atoms with van der Waals surface area (Å²) in [4.78, 5) is 0.0993. The molecule has 0 fully saturated rings. The van der Waals surface area contributed by atoms with Gasteiger partial charge in [0.2, 0.25) is 0 Å². The summed E-state index contributed by atoms with van der Waals surface area (Å²) in [5.74, 6) is 0.179. The number of aryl methyl sites for hydroxylation is 1. The number of nitrogens with zero attached hydrogens (tertiary/aromatic N) is 4. The number of aromatic nitrogens is 4. The van der Waals surface area contributed by atoms with Crippen LogP contribution in [0.2, 0.25) is 10.0 Å². The number of nitrogens with one attached hydrogen (secondary N) is 1. The number of benzene rings is 1. The molecular formula is C15H14BrCl2N5O2S. The van der Waals surface area contributed by atoms with Crippen LogP contribution in [0.5, 0.6) is 0 Å². The fourth-order valence-corrected chi connectivity index (χ4v) is 4.53. The van der Waals surface area contributed by atoms with E-state index in [-0.39, 0.29) is 10.7 Å². The monoisotopic (exact) mass is 477 g/mol. The quantitative estimate of drug-likeness (QED) is 0.603. The van der Waals surface area contributed by atoms with Crippen molar-refractivity contribution < 1.29 is 8.42 Å². The van der Waals surface area contributed by atoms with Crippen molar-refractivity contribution in [3.05, 3.63) is 56.4 Å². The van der Waals surface area contributed by atoms with E-state index in [0.717, 1.165) is 5.56 Å². The predicted octanol–water partition coefficient (Wildman–Crippen LogP) is 3.84. The Bertz CT molecular complexity index is 1080. The highest BCUT2D eigenvalue weighted by atomic mass is 79.9. The van der Waals surface area contributed by atoms with Crippen LogP contribution in [0.15, 0.2) is 40.0 Å². The summed E-state index contributed by atoms with van der Waals surface area (Å²) in [6, 6.07) is 5.17. The van der Waals surface area contributed by atoms with Crippen LogP contribution in [0.4, 0.5) is 5.82 Å². The van der Waals surface area contributed by atoms with Gasteiger partial charge in [0, 0.05) is 23.3 Å². The molecule has 7 nitrogen and oxygen atoms in total. The number of anilines is 1. The summed E-state index contributed by atoms with van der Waals surface area (Å²) in [5, 5.41) is 9.29. The van der Waals surface area contributed by atoms with Gasteiger partial charge in [0.05, 0.1) is 22.9 Å². The highest BCUT2D eigenvalue weighted by Gasteiger charge is 2.22. The molecule has 0 saturated heterocycles. The lowest BCUT2D eigenvalue weighted by molar-refractivity contribution is 0.599. The maximum atomic E-state index is 12.6. The average Bonchev–Trinajstić information content (AvgIpc) is 3.05. The zero-order valence-corrected chi connectivity index (χ0v) is 17.7. The zero-order valence-electron chi connectivity index (χ0n) is 13.7. The molecule has 2 heterocycles. The van der Waals surface area contributed by atoms with Crippen molar-refractivity contribution in [1.29, 1.82) is 0 Å². The maximum absolute atomic E-state index is 12.6. The van der Waals surface area contributed by atoms with E-state index < -0.39 is 10.0 Å². The molecule has 0 saturated carbocycles. The van der Waals surface area contributed by atoms with Crippen molar-refractivity contribution in [3.63, 3.8) is 0 Å². The first-order chi connectivity index (χ1) is 12.2. The minimum Gasteiger partial charge on any atom is -0.272 e. The topological polar surface area (TPSA) is 81.8 Å². The van der Waals surface area contributed by atoms with E-state index in [1.807, 2.05) is 0 Å². The van der Waals surface area contributed by atoms with E-state index >= 15 is 0 Å². The van der Waals surface area contributed by atoms with Gasteiger partial charge in [-0.2, -0.15) is 10.2 Å². The van der Waals surface area contributed by atoms with Crippen LogP contribution >= 0.6 is 39.1 Å². The lowest BCUT2D eigenvalue weighted by Crippen LogP contribution is -2.15. The molecule has 0 radical (unpaired) electrons. The van der Waals surface area contributed by atoms with Crippen LogP contribution in [-0.2, 0) is 23.6 Å². The second kappa shape index (κ2) is 7.22. The van der Waals surface area contributed by atoms with Gasteiger partial charge in [-0.3, -0.25) is 14.1 Å². The molecule has 0 amide bonds. The summed E-state index contributed by atoms with van der Waals surface area (Å²) in [6.45, 7) is 2.04. The Morgan fingerprint density at radius 2 is 2.04 bits per heavy atom. The first kappa shape index (κ1) is 19.2. The Morgan fingerprint density at radius 3 is 2.65 bits per heavy atom. The van der Waals surface area contributed by atoms with E-state index in [0.29, 0.717) is 26.8 Å². The van der Waals surface area contributed by atoms with Crippen molar-refractivity contribution in [2.75, 3.05) is 4.72 Å². The summed E-state index contributed by atoms with van der Waals surface area (Å²) in [6.07, 6.45) is 2.97. The van der Waals surface area contributed by atoms with Crippen molar-refractivity contribution in [2.24, 2.45) is 7.05 Å². The van der Waals surface area contributed by atoms with Crippen molar-refractivity contribution >= 4 is 55.0 Å². The van der Waals surface area contributed by atoms with Crippen LogP contribution in [0.3, 0.4) is 0 Å². The fraction of sp³-hybridized carbons (Fsp3) is 0.200. The van der Waals surface area contributed by atoms with Gasteiger partial charge in [-0.1, -0.05) is 29.3 Å². The van der Waals surface area contributed by atoms with Gasteiger partial charge in [-0.05, 0) is 40.5 Å². The molecular weight excluding hydrogens is 465 g/mol. The molecule has 0 atom stereocenters. The van der Waals surface area contributed by atoms with E-state index in [1.165, 1.54) is 10.9 Å². The molecule has 0 bridgehead atoms. The molecule has 0 aliphatic rings. The van der Waals surface area contributed by atoms with Gasteiger partial charge in [-0.25, -0.2) is 8.42 Å². The Balaban J connectivity index is 1.85. The zero-order chi connectivity index (χ0) is 19.1. The summed E-state index contributed by atoms with van der Waals surface area (Å²) in [5.41, 5.74) is 1.34. The molecule has 1 aromatic carbocycles. The number of sulfonamides is 1. The fourth-order valence-electron chi connectivity index (χ4n) is 2.30. The lowest BCUT2D eigenvalue weighted by atomic mass is 10.2. The van der Waals surface area contributed by atoms with Gasteiger partial charge in [0.1, 0.15) is 4.90 Å². The third-order valence-electron chi connectivity index (χ3n) is 3.78. The molecule has 138 valence electrons. The van der Waals surface area contributed by atoms with Gasteiger partial charge < -0.3 is 0 Å². The van der Waals surface area contributed by atoms with E-state index in [4.69, 9.17) is 23.2 Å². The van der Waals surface area contributed by atoms with Crippen LogP contribution in [0.1, 0.15) is 11.3 Å². The average molecular weight is 479 g/mol. The predicted molar refractivity (Wildman–Crippen MR) is 104 cm³/mol. The smallest absolute Gasteiger partial charge is 0.266 e. The highest BCUT2D eigenvalue weighted by Crippen LogP contribution is 2.26. The largest absolute Gasteiger partial charge is 0.272 e.